The van der Waals surface area contributed by atoms with Gasteiger partial charge in [-0.2, -0.15) is 0 Å². The first-order valence-corrected chi connectivity index (χ1v) is 29.9. The highest BCUT2D eigenvalue weighted by Crippen LogP contribution is 2.50. The third-order valence-corrected chi connectivity index (χ3v) is 16.1. The van der Waals surface area contributed by atoms with E-state index in [9.17, 15) is 47.9 Å². The van der Waals surface area contributed by atoms with Crippen LogP contribution >= 0.6 is 15.9 Å². The number of carbonyl (C=O) groups is 10. The number of fused-ring (bicyclic) bond motifs is 4. The number of alkyl halides is 1. The Kier molecular flexibility index (Phi) is 22.2. The van der Waals surface area contributed by atoms with Gasteiger partial charge in [0.15, 0.2) is 5.78 Å². The van der Waals surface area contributed by atoms with Crippen LogP contribution in [0.5, 0.6) is 5.75 Å². The molecule has 4 aromatic carbocycles. The molecule has 0 radical (unpaired) electrons. The number of Topliss-reactive ketones (excluding diaryl/α,β-unsaturated/α-hetero) is 1. The summed E-state index contributed by atoms with van der Waals surface area (Å²) < 4.78 is 11.6. The number of imide groups is 1. The number of H-pyrrole nitrogens is 1. The van der Waals surface area contributed by atoms with Gasteiger partial charge in [0.2, 0.25) is 23.6 Å². The number of carbonyl (C=O) groups excluding carboxylic acids is 10. The van der Waals surface area contributed by atoms with Gasteiger partial charge in [0, 0.05) is 128 Å². The molecule has 10 amide bonds. The molecule has 1 saturated heterocycles. The van der Waals surface area contributed by atoms with Gasteiger partial charge in [-0.1, -0.05) is 54.0 Å². The van der Waals surface area contributed by atoms with E-state index in [-0.39, 0.29) is 100 Å². The predicted molar refractivity (Wildman–Crippen MR) is 326 cm³/mol. The largest absolute Gasteiger partial charge is 0.415 e. The molecule has 1 fully saturated rings. The Bertz CT molecular complexity index is 3360. The van der Waals surface area contributed by atoms with Crippen molar-refractivity contribution in [2.75, 3.05) is 95.1 Å². The van der Waals surface area contributed by atoms with Crippen molar-refractivity contribution in [3.05, 3.63) is 113 Å². The molecule has 456 valence electrons. The lowest BCUT2D eigenvalue weighted by Crippen LogP contribution is -2.54. The first-order chi connectivity index (χ1) is 41.4. The molecular weight excluding hydrogens is 1170 g/mol. The normalized spacial score (nSPS) is 16.4. The third-order valence-electron chi connectivity index (χ3n) is 15.3. The van der Waals surface area contributed by atoms with Gasteiger partial charge in [-0.25, -0.2) is 9.59 Å². The number of piperazine rings is 1. The number of anilines is 2. The van der Waals surface area contributed by atoms with Crippen molar-refractivity contribution >= 4 is 108 Å². The van der Waals surface area contributed by atoms with Crippen LogP contribution in [-0.2, 0) is 33.5 Å². The monoisotopic (exact) mass is 1240 g/mol. The number of hydrogen-bond donors (Lipinski definition) is 9. The molecule has 0 bridgehead atoms. The number of urea groups is 1. The summed E-state index contributed by atoms with van der Waals surface area (Å²) in [5.41, 5.74) is 9.35. The number of likely N-dealkylation sites (N-methyl/N-ethyl adjacent to an activating group) is 1. The van der Waals surface area contributed by atoms with Crippen molar-refractivity contribution in [2.45, 2.75) is 69.9 Å². The summed E-state index contributed by atoms with van der Waals surface area (Å²) in [6.07, 6.45) is 2.87. The Morgan fingerprint density at radius 3 is 2.16 bits per heavy atom. The molecule has 3 aliphatic rings. The number of rotatable bonds is 28. The second-order valence-electron chi connectivity index (χ2n) is 21.7. The number of aromatic nitrogens is 1. The van der Waals surface area contributed by atoms with Gasteiger partial charge < -0.3 is 67.2 Å². The standard InChI is InChI=1S/C61H73BrN12O12/c1-36(2)55(66-22-21-64-51(76)19-29-85-30-23-65-50(75)18-24-74-52(77)16-17-53(74)78)59(82)71-47(9-6-20-67-60(63)83)58(81)68-40-12-10-37(11-13-40)57(80)69-41-14-15-46-38(31-41)33-48(70-46)56(79)45-32-39(35-62)54-43-8-5-4-7-42(43)49(34-44(45)54)86-61(84)73-27-25-72(3)26-28-73/h4-5,7-8,10-17,31,33-34,36,39,45,47,55,66,70H,6,9,18-30,32,35H2,1-3H3,(H,64,76)(H,65,75)(H,68,81)(H,69,80)(H,71,82)(H3,63,67,83)/t39-,45?,47-,55-/m0/s1. The molecule has 10 N–H and O–H groups in total. The van der Waals surface area contributed by atoms with Gasteiger partial charge in [0.1, 0.15) is 11.8 Å². The maximum absolute atomic E-state index is 14.6. The number of ketones is 1. The zero-order valence-electron chi connectivity index (χ0n) is 48.3. The highest BCUT2D eigenvalue weighted by atomic mass is 79.9. The maximum Gasteiger partial charge on any atom is 0.415 e. The van der Waals surface area contributed by atoms with Crippen LogP contribution in [0.25, 0.3) is 21.7 Å². The number of ether oxygens (including phenoxy) is 2. The van der Waals surface area contributed by atoms with Crippen LogP contribution in [0, 0.1) is 5.92 Å². The van der Waals surface area contributed by atoms with Crippen molar-refractivity contribution in [1.29, 1.82) is 0 Å². The van der Waals surface area contributed by atoms with Gasteiger partial charge in [-0.15, -0.1) is 0 Å². The minimum absolute atomic E-state index is 0.0289. The lowest BCUT2D eigenvalue weighted by atomic mass is 9.92. The summed E-state index contributed by atoms with van der Waals surface area (Å²) in [6, 6.07) is 20.4. The molecule has 1 aliphatic carbocycles. The lowest BCUT2D eigenvalue weighted by molar-refractivity contribution is -0.137. The second-order valence-corrected chi connectivity index (χ2v) is 22.4. The number of halogens is 1. The number of hydrogen-bond acceptors (Lipinski definition) is 14. The van der Waals surface area contributed by atoms with Crippen LogP contribution in [-0.4, -0.2) is 176 Å². The number of benzene rings is 4. The highest BCUT2D eigenvalue weighted by molar-refractivity contribution is 9.09. The van der Waals surface area contributed by atoms with Gasteiger partial charge >= 0.3 is 12.1 Å². The van der Waals surface area contributed by atoms with E-state index >= 15 is 0 Å². The molecule has 2 aliphatic heterocycles. The molecule has 25 heteroatoms. The smallest absolute Gasteiger partial charge is 0.410 e. The molecule has 86 heavy (non-hydrogen) atoms. The van der Waals surface area contributed by atoms with E-state index < -0.39 is 59.7 Å². The lowest BCUT2D eigenvalue weighted by Gasteiger charge is -2.31. The molecule has 1 unspecified atom stereocenters. The number of aromatic amines is 1. The van der Waals surface area contributed by atoms with E-state index in [0.29, 0.717) is 65.0 Å². The molecule has 3 heterocycles. The van der Waals surface area contributed by atoms with E-state index in [1.165, 1.54) is 0 Å². The average molecular weight is 1250 g/mol. The first-order valence-electron chi connectivity index (χ1n) is 28.7. The van der Waals surface area contributed by atoms with Crippen LogP contribution in [0.1, 0.15) is 89.8 Å². The van der Waals surface area contributed by atoms with Gasteiger partial charge in [0.05, 0.1) is 24.9 Å². The van der Waals surface area contributed by atoms with Crippen LogP contribution in [0.3, 0.4) is 0 Å². The molecule has 4 atom stereocenters. The summed E-state index contributed by atoms with van der Waals surface area (Å²) in [6.45, 7) is 7.20. The fourth-order valence-electron chi connectivity index (χ4n) is 10.6. The zero-order chi connectivity index (χ0) is 61.4. The summed E-state index contributed by atoms with van der Waals surface area (Å²) in [5, 5.41) is 22.7. The quantitative estimate of drug-likeness (QED) is 0.0143. The van der Waals surface area contributed by atoms with Gasteiger partial charge in [-0.05, 0) is 109 Å². The van der Waals surface area contributed by atoms with Crippen molar-refractivity contribution < 1.29 is 57.4 Å². The van der Waals surface area contributed by atoms with E-state index in [2.05, 4.69) is 63.0 Å². The summed E-state index contributed by atoms with van der Waals surface area (Å²) in [4.78, 5) is 137. The minimum atomic E-state index is -1.04. The highest BCUT2D eigenvalue weighted by Gasteiger charge is 2.39. The summed E-state index contributed by atoms with van der Waals surface area (Å²) in [7, 11) is 2.02. The molecule has 24 nitrogen and oxygen atoms in total. The van der Waals surface area contributed by atoms with Gasteiger partial charge in [-0.3, -0.25) is 43.3 Å². The maximum atomic E-state index is 14.6. The molecule has 5 aromatic rings. The fraction of sp³-hybridized carbons (Fsp3) is 0.410. The third kappa shape index (κ3) is 16.7. The second kappa shape index (κ2) is 30.0. The number of nitrogens with two attached hydrogens (primary N) is 1. The van der Waals surface area contributed by atoms with Crippen molar-refractivity contribution in [1.82, 2.24) is 46.3 Å². The van der Waals surface area contributed by atoms with Crippen LogP contribution in [0.15, 0.2) is 91.0 Å². The van der Waals surface area contributed by atoms with E-state index in [4.69, 9.17) is 15.2 Å². The Morgan fingerprint density at radius 1 is 0.756 bits per heavy atom. The van der Waals surface area contributed by atoms with Crippen molar-refractivity contribution in [3.8, 4) is 5.75 Å². The summed E-state index contributed by atoms with van der Waals surface area (Å²) >= 11 is 3.71. The Labute approximate surface area is 505 Å². The number of nitrogens with one attached hydrogen (secondary N) is 8. The average Bonchev–Trinajstić information content (AvgIpc) is 1.92. The molecule has 0 saturated carbocycles. The molecule has 8 rings (SSSR count). The van der Waals surface area contributed by atoms with E-state index in [1.54, 1.807) is 53.4 Å². The molecule has 0 spiro atoms. The Morgan fingerprint density at radius 2 is 1.45 bits per heavy atom. The van der Waals surface area contributed by atoms with Crippen molar-refractivity contribution in [2.24, 2.45) is 11.7 Å². The first kappa shape index (κ1) is 63.5. The van der Waals surface area contributed by atoms with Crippen molar-refractivity contribution in [3.63, 3.8) is 0 Å². The van der Waals surface area contributed by atoms with E-state index in [0.717, 1.165) is 52.0 Å². The number of nitrogens with zero attached hydrogens (tertiary/aromatic N) is 3. The number of amides is 10. The topological polar surface area (TPSA) is 325 Å². The van der Waals surface area contributed by atoms with Crippen LogP contribution < -0.4 is 47.7 Å². The fourth-order valence-corrected chi connectivity index (χ4v) is 11.2. The van der Waals surface area contributed by atoms with Gasteiger partial charge in [0.25, 0.3) is 17.7 Å². The number of primary amides is 1. The minimum Gasteiger partial charge on any atom is -0.410 e. The predicted octanol–water partition coefficient (Wildman–Crippen LogP) is 4.61. The summed E-state index contributed by atoms with van der Waals surface area (Å²) in [5.74, 6) is -3.41. The Balaban J connectivity index is 0.816. The Hall–Kier alpha value is -8.52. The SMILES string of the molecule is CC(C)[C@H](NCCNC(=O)CCOCCNC(=O)CCN1C(=O)C=CC1=O)C(=O)N[C@@H](CCCNC(N)=O)C(=O)Nc1ccc(C(=O)Nc2ccc3[nH]c(C(=O)C4C[C@@H](CBr)c5c4cc(OC(=O)N4CCN(C)CC4)c4ccccc54)cc3c2)cc1. The van der Waals surface area contributed by atoms with E-state index in [1.807, 2.05) is 51.2 Å². The molecule has 1 aromatic heterocycles. The molecular formula is C61H73BrN12O12. The zero-order valence-corrected chi connectivity index (χ0v) is 49.8. The van der Waals surface area contributed by atoms with Crippen LogP contribution in [0.2, 0.25) is 0 Å². The van der Waals surface area contributed by atoms with Crippen LogP contribution in [0.4, 0.5) is 21.0 Å².